The van der Waals surface area contributed by atoms with Gasteiger partial charge in [0.2, 0.25) is 0 Å². The third kappa shape index (κ3) is 3.10. The number of hydrogen-bond donors (Lipinski definition) is 1. The van der Waals surface area contributed by atoms with E-state index in [0.717, 1.165) is 13.1 Å². The van der Waals surface area contributed by atoms with E-state index in [9.17, 15) is 0 Å². The van der Waals surface area contributed by atoms with Gasteiger partial charge >= 0.3 is 0 Å². The van der Waals surface area contributed by atoms with E-state index in [1.54, 1.807) is 0 Å². The van der Waals surface area contributed by atoms with Crippen molar-refractivity contribution in [2.24, 2.45) is 5.92 Å². The normalized spacial score (nSPS) is 18.5. The fraction of sp³-hybridized carbons (Fsp3) is 0.750. The van der Waals surface area contributed by atoms with E-state index in [1.165, 1.54) is 12.8 Å². The predicted molar refractivity (Wildman–Crippen MR) is 46.3 cm³/mol. The summed E-state index contributed by atoms with van der Waals surface area (Å²) >= 11 is 0. The highest BCUT2D eigenvalue weighted by Crippen LogP contribution is 2.08. The van der Waals surface area contributed by atoms with Crippen LogP contribution in [-0.2, 0) is 0 Å². The van der Waals surface area contributed by atoms with Crippen LogP contribution in [0, 0.1) is 17.8 Å². The summed E-state index contributed by atoms with van der Waals surface area (Å²) in [7, 11) is 0. The summed E-state index contributed by atoms with van der Waals surface area (Å²) in [6.45, 7) is 4.22. The molecule has 0 radical (unpaired) electrons. The highest BCUT2D eigenvalue weighted by molar-refractivity contribution is 5.85. The molecule has 0 aliphatic carbocycles. The van der Waals surface area contributed by atoms with Crippen molar-refractivity contribution < 1.29 is 0 Å². The van der Waals surface area contributed by atoms with Crippen LogP contribution in [0.1, 0.15) is 19.8 Å². The Balaban J connectivity index is 0.000000810. The molecule has 0 spiro atoms. The lowest BCUT2D eigenvalue weighted by atomic mass is 9.99. The molecule has 1 heterocycles. The Morgan fingerprint density at radius 1 is 1.30 bits per heavy atom. The Hall–Kier alpha value is -0.190. The van der Waals surface area contributed by atoms with Crippen molar-refractivity contribution in [2.75, 3.05) is 13.1 Å². The van der Waals surface area contributed by atoms with Gasteiger partial charge in [0, 0.05) is 5.92 Å². The molecule has 1 saturated heterocycles. The Labute approximate surface area is 69.0 Å². The summed E-state index contributed by atoms with van der Waals surface area (Å²) in [6, 6.07) is 0. The molecule has 1 aliphatic heterocycles. The fourth-order valence-electron chi connectivity index (χ4n) is 1.17. The lowest BCUT2D eigenvalue weighted by Crippen LogP contribution is -2.26. The zero-order chi connectivity index (χ0) is 6.53. The number of halogens is 1. The van der Waals surface area contributed by atoms with Crippen LogP contribution in [0.4, 0.5) is 0 Å². The van der Waals surface area contributed by atoms with Crippen LogP contribution in [0.15, 0.2) is 0 Å². The van der Waals surface area contributed by atoms with Crippen molar-refractivity contribution in [3.63, 3.8) is 0 Å². The van der Waals surface area contributed by atoms with Crippen LogP contribution >= 0.6 is 12.4 Å². The number of nitrogens with one attached hydrogen (secondary N) is 1. The van der Waals surface area contributed by atoms with Gasteiger partial charge in [0.15, 0.2) is 0 Å². The van der Waals surface area contributed by atoms with Crippen molar-refractivity contribution >= 4 is 12.4 Å². The maximum absolute atomic E-state index is 3.31. The Morgan fingerprint density at radius 2 is 1.90 bits per heavy atom. The van der Waals surface area contributed by atoms with Crippen LogP contribution < -0.4 is 5.32 Å². The van der Waals surface area contributed by atoms with Crippen LogP contribution in [0.25, 0.3) is 0 Å². The lowest BCUT2D eigenvalue weighted by Gasteiger charge is -2.16. The van der Waals surface area contributed by atoms with E-state index in [-0.39, 0.29) is 12.4 Å². The Bertz CT molecular complexity index is 128. The smallest absolute Gasteiger partial charge is 0.0226 e. The zero-order valence-corrected chi connectivity index (χ0v) is 7.13. The maximum atomic E-state index is 3.31. The zero-order valence-electron chi connectivity index (χ0n) is 6.31. The molecule has 2 heteroatoms. The van der Waals surface area contributed by atoms with Gasteiger partial charge in [-0.3, -0.25) is 0 Å². The van der Waals surface area contributed by atoms with Gasteiger partial charge < -0.3 is 5.32 Å². The number of hydrogen-bond acceptors (Lipinski definition) is 1. The van der Waals surface area contributed by atoms with Crippen molar-refractivity contribution in [3.05, 3.63) is 0 Å². The average molecular weight is 160 g/mol. The molecule has 0 aromatic rings. The maximum Gasteiger partial charge on any atom is 0.0226 e. The second kappa shape index (κ2) is 5.58. The minimum absolute atomic E-state index is 0. The first kappa shape index (κ1) is 9.81. The van der Waals surface area contributed by atoms with Crippen LogP contribution in [0.2, 0.25) is 0 Å². The third-order valence-corrected chi connectivity index (χ3v) is 1.69. The van der Waals surface area contributed by atoms with Gasteiger partial charge in [-0.25, -0.2) is 0 Å². The van der Waals surface area contributed by atoms with Crippen molar-refractivity contribution in [1.29, 1.82) is 0 Å². The minimum atomic E-state index is 0. The van der Waals surface area contributed by atoms with Crippen molar-refractivity contribution in [1.82, 2.24) is 5.32 Å². The van der Waals surface area contributed by atoms with Crippen molar-refractivity contribution in [2.45, 2.75) is 19.8 Å². The first-order valence-electron chi connectivity index (χ1n) is 3.56. The first-order chi connectivity index (χ1) is 4.43. The fourth-order valence-corrected chi connectivity index (χ4v) is 1.17. The largest absolute Gasteiger partial charge is 0.317 e. The minimum Gasteiger partial charge on any atom is -0.317 e. The van der Waals surface area contributed by atoms with Crippen LogP contribution in [0.5, 0.6) is 0 Å². The van der Waals surface area contributed by atoms with E-state index in [4.69, 9.17) is 0 Å². The SMILES string of the molecule is CC#CC1CCNCC1.Cl. The monoisotopic (exact) mass is 159 g/mol. The molecule has 0 aromatic carbocycles. The molecule has 0 aromatic heterocycles. The molecule has 1 N–H and O–H groups in total. The highest BCUT2D eigenvalue weighted by atomic mass is 35.5. The van der Waals surface area contributed by atoms with Crippen molar-refractivity contribution in [3.8, 4) is 11.8 Å². The summed E-state index contributed by atoms with van der Waals surface area (Å²) < 4.78 is 0. The molecule has 10 heavy (non-hydrogen) atoms. The molecule has 0 bridgehead atoms. The summed E-state index contributed by atoms with van der Waals surface area (Å²) in [4.78, 5) is 0. The third-order valence-electron chi connectivity index (χ3n) is 1.69. The molecular weight excluding hydrogens is 146 g/mol. The van der Waals surface area contributed by atoms with E-state index in [1.807, 2.05) is 6.92 Å². The molecular formula is C8H14ClN. The van der Waals surface area contributed by atoms with Gasteiger partial charge in [0.25, 0.3) is 0 Å². The lowest BCUT2D eigenvalue weighted by molar-refractivity contribution is 0.447. The van der Waals surface area contributed by atoms with Crippen LogP contribution in [-0.4, -0.2) is 13.1 Å². The van der Waals surface area contributed by atoms with Gasteiger partial charge in [0.05, 0.1) is 0 Å². The Morgan fingerprint density at radius 3 is 2.40 bits per heavy atom. The van der Waals surface area contributed by atoms with E-state index < -0.39 is 0 Å². The first-order valence-corrected chi connectivity index (χ1v) is 3.56. The molecule has 1 aliphatic rings. The highest BCUT2D eigenvalue weighted by Gasteiger charge is 2.08. The van der Waals surface area contributed by atoms with Gasteiger partial charge in [-0.15, -0.1) is 24.2 Å². The average Bonchev–Trinajstić information content (AvgIpc) is 1.91. The second-order valence-electron chi connectivity index (χ2n) is 2.42. The molecule has 1 rings (SSSR count). The molecule has 1 nitrogen and oxygen atoms in total. The summed E-state index contributed by atoms with van der Waals surface area (Å²) in [5.41, 5.74) is 0. The molecule has 0 atom stereocenters. The van der Waals surface area contributed by atoms with Gasteiger partial charge in [-0.05, 0) is 32.9 Å². The van der Waals surface area contributed by atoms with E-state index in [2.05, 4.69) is 17.2 Å². The standard InChI is InChI=1S/C8H13N.ClH/c1-2-3-8-4-6-9-7-5-8;/h8-9H,4-7H2,1H3;1H. The summed E-state index contributed by atoms with van der Waals surface area (Å²) in [5, 5.41) is 3.31. The quantitative estimate of drug-likeness (QED) is 0.528. The Kier molecular flexibility index (Phi) is 5.48. The summed E-state index contributed by atoms with van der Waals surface area (Å²) in [5.74, 6) is 6.83. The molecule has 0 saturated carbocycles. The number of piperidine rings is 1. The molecule has 0 amide bonds. The van der Waals surface area contributed by atoms with Gasteiger partial charge in [-0.2, -0.15) is 0 Å². The second-order valence-corrected chi connectivity index (χ2v) is 2.42. The van der Waals surface area contributed by atoms with Crippen LogP contribution in [0.3, 0.4) is 0 Å². The predicted octanol–water partition coefficient (Wildman–Crippen LogP) is 1.43. The topological polar surface area (TPSA) is 12.0 Å². The molecule has 58 valence electrons. The molecule has 0 unspecified atom stereocenters. The summed E-state index contributed by atoms with van der Waals surface area (Å²) in [6.07, 6.45) is 2.47. The number of rotatable bonds is 0. The van der Waals surface area contributed by atoms with E-state index in [0.29, 0.717) is 5.92 Å². The molecule has 1 fully saturated rings. The van der Waals surface area contributed by atoms with Gasteiger partial charge in [-0.1, -0.05) is 0 Å². The van der Waals surface area contributed by atoms with E-state index >= 15 is 0 Å². The van der Waals surface area contributed by atoms with Gasteiger partial charge in [0.1, 0.15) is 0 Å².